The highest BCUT2D eigenvalue weighted by atomic mass is 32.2. The number of nitrogens with zero attached hydrogens (tertiary/aromatic N) is 1. The van der Waals surface area contributed by atoms with Gasteiger partial charge >= 0.3 is 0 Å². The lowest BCUT2D eigenvalue weighted by molar-refractivity contribution is 0.394. The summed E-state index contributed by atoms with van der Waals surface area (Å²) in [6.07, 6.45) is 0.979. The summed E-state index contributed by atoms with van der Waals surface area (Å²) in [7, 11) is -1.69. The van der Waals surface area contributed by atoms with Crippen molar-refractivity contribution in [1.29, 1.82) is 0 Å². The highest BCUT2D eigenvalue weighted by molar-refractivity contribution is 7.91. The van der Waals surface area contributed by atoms with Crippen LogP contribution in [0, 0.1) is 12.8 Å². The molecular formula is C15H28N2O2S2. The SMILES string of the molecule is CCC(C)CN(C)S(=O)(=O)c1cc(C)c(CNC(C)C)s1. The zero-order chi connectivity index (χ0) is 16.2. The Kier molecular flexibility index (Phi) is 6.84. The topological polar surface area (TPSA) is 49.4 Å². The molecule has 0 aliphatic rings. The smallest absolute Gasteiger partial charge is 0.252 e. The Morgan fingerprint density at radius 2 is 1.95 bits per heavy atom. The van der Waals surface area contributed by atoms with Crippen molar-refractivity contribution >= 4 is 21.4 Å². The zero-order valence-corrected chi connectivity index (χ0v) is 15.6. The first-order chi connectivity index (χ1) is 9.68. The molecule has 21 heavy (non-hydrogen) atoms. The summed E-state index contributed by atoms with van der Waals surface area (Å²) in [5, 5.41) is 3.34. The number of thiophene rings is 1. The van der Waals surface area contributed by atoms with E-state index in [0.29, 0.717) is 22.7 Å². The monoisotopic (exact) mass is 332 g/mol. The lowest BCUT2D eigenvalue weighted by Crippen LogP contribution is -2.30. The van der Waals surface area contributed by atoms with Gasteiger partial charge in [-0.2, -0.15) is 4.31 Å². The Hall–Kier alpha value is -0.430. The maximum absolute atomic E-state index is 12.6. The number of hydrogen-bond donors (Lipinski definition) is 1. The molecular weight excluding hydrogens is 304 g/mol. The van der Waals surface area contributed by atoms with E-state index in [4.69, 9.17) is 0 Å². The maximum Gasteiger partial charge on any atom is 0.252 e. The summed E-state index contributed by atoms with van der Waals surface area (Å²) < 4.78 is 27.1. The maximum atomic E-state index is 12.6. The predicted octanol–water partition coefficient (Wildman–Crippen LogP) is 3.22. The van der Waals surface area contributed by atoms with Crippen LogP contribution in [0.1, 0.15) is 44.6 Å². The molecule has 1 unspecified atom stereocenters. The molecule has 1 aromatic rings. The summed E-state index contributed by atoms with van der Waals surface area (Å²) in [6, 6.07) is 2.18. The van der Waals surface area contributed by atoms with Gasteiger partial charge in [0.2, 0.25) is 0 Å². The third-order valence-corrected chi connectivity index (χ3v) is 7.11. The predicted molar refractivity (Wildman–Crippen MR) is 90.3 cm³/mol. The van der Waals surface area contributed by atoms with E-state index >= 15 is 0 Å². The Morgan fingerprint density at radius 1 is 1.33 bits per heavy atom. The molecule has 0 fully saturated rings. The van der Waals surface area contributed by atoms with E-state index in [-0.39, 0.29) is 0 Å². The lowest BCUT2D eigenvalue weighted by Gasteiger charge is -2.19. The summed E-state index contributed by atoms with van der Waals surface area (Å²) in [5.41, 5.74) is 1.05. The second-order valence-electron chi connectivity index (χ2n) is 6.01. The Labute approximate surface area is 133 Å². The van der Waals surface area contributed by atoms with Crippen molar-refractivity contribution in [2.75, 3.05) is 13.6 Å². The average Bonchev–Trinajstić information content (AvgIpc) is 2.78. The third-order valence-electron chi connectivity index (χ3n) is 3.60. The zero-order valence-electron chi connectivity index (χ0n) is 13.9. The molecule has 4 nitrogen and oxygen atoms in total. The minimum Gasteiger partial charge on any atom is -0.310 e. The number of nitrogens with one attached hydrogen (secondary N) is 1. The van der Waals surface area contributed by atoms with Crippen molar-refractivity contribution in [3.63, 3.8) is 0 Å². The minimum atomic E-state index is -3.36. The van der Waals surface area contributed by atoms with Crippen molar-refractivity contribution in [1.82, 2.24) is 9.62 Å². The number of aryl methyl sites for hydroxylation is 1. The minimum absolute atomic E-state index is 0.368. The summed E-state index contributed by atoms with van der Waals surface area (Å²) in [6.45, 7) is 11.6. The van der Waals surface area contributed by atoms with Crippen LogP contribution in [0.2, 0.25) is 0 Å². The highest BCUT2D eigenvalue weighted by Crippen LogP contribution is 2.28. The fourth-order valence-corrected chi connectivity index (χ4v) is 4.95. The third kappa shape index (κ3) is 5.06. The Morgan fingerprint density at radius 3 is 2.48 bits per heavy atom. The van der Waals surface area contributed by atoms with Crippen LogP contribution in [0.3, 0.4) is 0 Å². The molecule has 1 aromatic heterocycles. The average molecular weight is 333 g/mol. The van der Waals surface area contributed by atoms with Crippen LogP contribution in [0.4, 0.5) is 0 Å². The van der Waals surface area contributed by atoms with Crippen molar-refractivity contribution in [2.45, 2.75) is 57.8 Å². The summed E-state index contributed by atoms with van der Waals surface area (Å²) in [5.74, 6) is 0.368. The molecule has 1 rings (SSSR count). The normalized spacial score (nSPS) is 14.1. The second-order valence-corrected chi connectivity index (χ2v) is 9.41. The van der Waals surface area contributed by atoms with Crippen molar-refractivity contribution in [3.8, 4) is 0 Å². The van der Waals surface area contributed by atoms with Crippen molar-refractivity contribution in [3.05, 3.63) is 16.5 Å². The van der Waals surface area contributed by atoms with E-state index in [2.05, 4.69) is 33.0 Å². The van der Waals surface area contributed by atoms with Crippen LogP contribution in [-0.2, 0) is 16.6 Å². The molecule has 0 aliphatic carbocycles. The molecule has 0 amide bonds. The first-order valence-electron chi connectivity index (χ1n) is 7.47. The van der Waals surface area contributed by atoms with Crippen LogP contribution in [0.25, 0.3) is 0 Å². The van der Waals surface area contributed by atoms with Gasteiger partial charge in [0.25, 0.3) is 10.0 Å². The molecule has 0 saturated heterocycles. The van der Waals surface area contributed by atoms with Gasteiger partial charge in [0.15, 0.2) is 0 Å². The van der Waals surface area contributed by atoms with E-state index in [9.17, 15) is 8.42 Å². The van der Waals surface area contributed by atoms with E-state index < -0.39 is 10.0 Å². The van der Waals surface area contributed by atoms with Gasteiger partial charge in [0, 0.05) is 31.1 Å². The van der Waals surface area contributed by atoms with Crippen LogP contribution >= 0.6 is 11.3 Å². The molecule has 6 heteroatoms. The molecule has 0 aliphatic heterocycles. The molecule has 122 valence electrons. The summed E-state index contributed by atoms with van der Waals surface area (Å²) in [4.78, 5) is 1.10. The number of rotatable bonds is 8. The van der Waals surface area contributed by atoms with Gasteiger partial charge in [0.05, 0.1) is 0 Å². The van der Waals surface area contributed by atoms with E-state index in [1.807, 2.05) is 6.92 Å². The lowest BCUT2D eigenvalue weighted by atomic mass is 10.1. The first kappa shape index (κ1) is 18.6. The van der Waals surface area contributed by atoms with E-state index in [0.717, 1.165) is 23.4 Å². The van der Waals surface area contributed by atoms with Gasteiger partial charge < -0.3 is 5.32 Å². The largest absolute Gasteiger partial charge is 0.310 e. The summed E-state index contributed by atoms with van der Waals surface area (Å²) >= 11 is 1.38. The molecule has 1 N–H and O–H groups in total. The quantitative estimate of drug-likeness (QED) is 0.795. The number of sulfonamides is 1. The molecule has 0 saturated carbocycles. The van der Waals surface area contributed by atoms with Crippen molar-refractivity contribution < 1.29 is 8.42 Å². The molecule has 0 aromatic carbocycles. The first-order valence-corrected chi connectivity index (χ1v) is 9.73. The van der Waals surface area contributed by atoms with Crippen LogP contribution in [0.5, 0.6) is 0 Å². The van der Waals surface area contributed by atoms with E-state index in [1.165, 1.54) is 15.6 Å². The standard InChI is InChI=1S/C15H28N2O2S2/c1-7-12(4)10-17(6)21(18,19)15-8-13(5)14(20-15)9-16-11(2)3/h8,11-12,16H,7,9-10H2,1-6H3. The van der Waals surface area contributed by atoms with Crippen LogP contribution in [0.15, 0.2) is 10.3 Å². The van der Waals surface area contributed by atoms with Gasteiger partial charge in [-0.1, -0.05) is 34.1 Å². The van der Waals surface area contributed by atoms with Gasteiger partial charge in [-0.25, -0.2) is 8.42 Å². The van der Waals surface area contributed by atoms with Crippen LogP contribution in [-0.4, -0.2) is 32.4 Å². The fraction of sp³-hybridized carbons (Fsp3) is 0.733. The van der Waals surface area contributed by atoms with E-state index in [1.54, 1.807) is 13.1 Å². The molecule has 0 bridgehead atoms. The molecule has 0 spiro atoms. The van der Waals surface area contributed by atoms with Gasteiger partial charge in [-0.3, -0.25) is 0 Å². The second kappa shape index (κ2) is 7.72. The van der Waals surface area contributed by atoms with Gasteiger partial charge in [-0.05, 0) is 24.5 Å². The van der Waals surface area contributed by atoms with Crippen LogP contribution < -0.4 is 5.32 Å². The fourth-order valence-electron chi connectivity index (χ4n) is 1.91. The highest BCUT2D eigenvalue weighted by Gasteiger charge is 2.25. The Bertz CT molecular complexity index is 550. The number of hydrogen-bond acceptors (Lipinski definition) is 4. The molecule has 1 atom stereocenters. The molecule has 0 radical (unpaired) electrons. The Balaban J connectivity index is 2.91. The van der Waals surface area contributed by atoms with Gasteiger partial charge in [0.1, 0.15) is 4.21 Å². The molecule has 1 heterocycles. The van der Waals surface area contributed by atoms with Crippen molar-refractivity contribution in [2.24, 2.45) is 5.92 Å². The van der Waals surface area contributed by atoms with Gasteiger partial charge in [-0.15, -0.1) is 11.3 Å².